The van der Waals surface area contributed by atoms with Crippen molar-refractivity contribution in [3.8, 4) is 0 Å². The zero-order valence-corrected chi connectivity index (χ0v) is 10.0. The number of aromatic nitrogens is 2. The average Bonchev–Trinajstić information content (AvgIpc) is 2.66. The van der Waals surface area contributed by atoms with Crippen molar-refractivity contribution in [1.82, 2.24) is 14.9 Å². The maximum absolute atomic E-state index is 11.2. The molecule has 0 radical (unpaired) electrons. The van der Waals surface area contributed by atoms with Gasteiger partial charge >= 0.3 is 5.97 Å². The molecule has 0 atom stereocenters. The standard InChI is InChI=1S/C11H19N3O2/c1-4-11(5-2,10(15)16)13-7-9-6-12-8-14(9)3/h6,8,13H,4-5,7H2,1-3H3,(H,15,16). The van der Waals surface area contributed by atoms with Gasteiger partial charge in [-0.2, -0.15) is 0 Å². The van der Waals surface area contributed by atoms with E-state index in [2.05, 4.69) is 10.3 Å². The van der Waals surface area contributed by atoms with E-state index in [0.29, 0.717) is 19.4 Å². The molecule has 0 unspecified atom stereocenters. The van der Waals surface area contributed by atoms with E-state index in [-0.39, 0.29) is 0 Å². The van der Waals surface area contributed by atoms with Crippen LogP contribution >= 0.6 is 0 Å². The second kappa shape index (κ2) is 5.12. The number of aryl methyl sites for hydroxylation is 1. The van der Waals surface area contributed by atoms with Crippen LogP contribution in [0.1, 0.15) is 32.4 Å². The van der Waals surface area contributed by atoms with Crippen LogP contribution in [0.15, 0.2) is 12.5 Å². The van der Waals surface area contributed by atoms with Crippen LogP contribution < -0.4 is 5.32 Å². The van der Waals surface area contributed by atoms with Crippen molar-refractivity contribution < 1.29 is 9.90 Å². The molecule has 0 aliphatic carbocycles. The lowest BCUT2D eigenvalue weighted by molar-refractivity contribution is -0.145. The Morgan fingerprint density at radius 2 is 2.19 bits per heavy atom. The van der Waals surface area contributed by atoms with Gasteiger partial charge in [0.2, 0.25) is 0 Å². The smallest absolute Gasteiger partial charge is 0.323 e. The highest BCUT2D eigenvalue weighted by molar-refractivity contribution is 5.78. The third-order valence-corrected chi connectivity index (χ3v) is 3.14. The van der Waals surface area contributed by atoms with Crippen LogP contribution in [-0.2, 0) is 18.4 Å². The summed E-state index contributed by atoms with van der Waals surface area (Å²) in [5, 5.41) is 12.4. The van der Waals surface area contributed by atoms with Gasteiger partial charge in [-0.25, -0.2) is 4.98 Å². The normalized spacial score (nSPS) is 11.7. The molecule has 0 aliphatic rings. The summed E-state index contributed by atoms with van der Waals surface area (Å²) in [6, 6.07) is 0. The molecule has 0 fully saturated rings. The SMILES string of the molecule is CCC(CC)(NCc1cncn1C)C(=O)O. The van der Waals surface area contributed by atoms with E-state index >= 15 is 0 Å². The van der Waals surface area contributed by atoms with Crippen LogP contribution in [0.25, 0.3) is 0 Å². The topological polar surface area (TPSA) is 67.2 Å². The molecule has 16 heavy (non-hydrogen) atoms. The average molecular weight is 225 g/mol. The van der Waals surface area contributed by atoms with Gasteiger partial charge in [0.1, 0.15) is 5.54 Å². The van der Waals surface area contributed by atoms with Gasteiger partial charge < -0.3 is 9.67 Å². The molecule has 0 amide bonds. The molecule has 1 heterocycles. The predicted octanol–water partition coefficient (Wildman–Crippen LogP) is 1.15. The number of carboxylic acid groups (broad SMARTS) is 1. The summed E-state index contributed by atoms with van der Waals surface area (Å²) >= 11 is 0. The molecule has 0 bridgehead atoms. The molecule has 90 valence electrons. The maximum atomic E-state index is 11.2. The molecule has 1 aromatic heterocycles. The number of nitrogens with zero attached hydrogens (tertiary/aromatic N) is 2. The van der Waals surface area contributed by atoms with E-state index in [1.807, 2.05) is 25.5 Å². The lowest BCUT2D eigenvalue weighted by atomic mass is 9.93. The quantitative estimate of drug-likeness (QED) is 0.762. The number of hydrogen-bond acceptors (Lipinski definition) is 3. The first-order valence-electron chi connectivity index (χ1n) is 5.49. The van der Waals surface area contributed by atoms with Crippen molar-refractivity contribution >= 4 is 5.97 Å². The van der Waals surface area contributed by atoms with E-state index in [9.17, 15) is 9.90 Å². The number of hydrogen-bond donors (Lipinski definition) is 2. The third kappa shape index (κ3) is 2.41. The summed E-state index contributed by atoms with van der Waals surface area (Å²) < 4.78 is 1.88. The zero-order valence-electron chi connectivity index (χ0n) is 10.0. The first kappa shape index (κ1) is 12.7. The minimum atomic E-state index is -0.829. The van der Waals surface area contributed by atoms with Crippen molar-refractivity contribution in [3.05, 3.63) is 18.2 Å². The molecule has 1 rings (SSSR count). The fourth-order valence-electron chi connectivity index (χ4n) is 1.69. The molecule has 5 heteroatoms. The van der Waals surface area contributed by atoms with Gasteiger partial charge in [0.05, 0.1) is 12.0 Å². The van der Waals surface area contributed by atoms with Gasteiger partial charge in [-0.3, -0.25) is 10.1 Å². The van der Waals surface area contributed by atoms with Gasteiger partial charge in [-0.15, -0.1) is 0 Å². The molecule has 0 saturated heterocycles. The molecular formula is C11H19N3O2. The van der Waals surface area contributed by atoms with Gasteiger partial charge in [0, 0.05) is 19.8 Å². The lowest BCUT2D eigenvalue weighted by Gasteiger charge is -2.28. The predicted molar refractivity (Wildman–Crippen MR) is 61.0 cm³/mol. The van der Waals surface area contributed by atoms with Crippen molar-refractivity contribution in [2.45, 2.75) is 38.8 Å². The van der Waals surface area contributed by atoms with Crippen LogP contribution in [0.5, 0.6) is 0 Å². The van der Waals surface area contributed by atoms with Crippen molar-refractivity contribution in [2.24, 2.45) is 7.05 Å². The molecule has 0 saturated carbocycles. The Balaban J connectivity index is 2.71. The molecule has 0 aromatic carbocycles. The number of rotatable bonds is 6. The summed E-state index contributed by atoms with van der Waals surface area (Å²) in [6.45, 7) is 4.28. The fraction of sp³-hybridized carbons (Fsp3) is 0.636. The van der Waals surface area contributed by atoms with Gasteiger partial charge in [0.25, 0.3) is 0 Å². The molecule has 2 N–H and O–H groups in total. The second-order valence-electron chi connectivity index (χ2n) is 3.94. The summed E-state index contributed by atoms with van der Waals surface area (Å²) in [6.07, 6.45) is 4.58. The van der Waals surface area contributed by atoms with E-state index < -0.39 is 11.5 Å². The van der Waals surface area contributed by atoms with Gasteiger partial charge in [-0.1, -0.05) is 13.8 Å². The highest BCUT2D eigenvalue weighted by atomic mass is 16.4. The Hall–Kier alpha value is -1.36. The highest BCUT2D eigenvalue weighted by Crippen LogP contribution is 2.16. The third-order valence-electron chi connectivity index (χ3n) is 3.14. The maximum Gasteiger partial charge on any atom is 0.323 e. The highest BCUT2D eigenvalue weighted by Gasteiger charge is 2.34. The van der Waals surface area contributed by atoms with E-state index in [1.165, 1.54) is 0 Å². The van der Waals surface area contributed by atoms with Crippen LogP contribution in [0.2, 0.25) is 0 Å². The Labute approximate surface area is 95.5 Å². The minimum Gasteiger partial charge on any atom is -0.480 e. The Bertz CT molecular complexity index is 356. The van der Waals surface area contributed by atoms with E-state index in [4.69, 9.17) is 0 Å². The van der Waals surface area contributed by atoms with Gasteiger partial charge in [-0.05, 0) is 12.8 Å². The fourth-order valence-corrected chi connectivity index (χ4v) is 1.69. The largest absolute Gasteiger partial charge is 0.480 e. The first-order chi connectivity index (χ1) is 7.55. The lowest BCUT2D eigenvalue weighted by Crippen LogP contribution is -2.50. The number of aliphatic carboxylic acids is 1. The molecular weight excluding hydrogens is 206 g/mol. The van der Waals surface area contributed by atoms with Crippen LogP contribution in [0, 0.1) is 0 Å². The summed E-state index contributed by atoms with van der Waals surface area (Å²) in [4.78, 5) is 15.2. The number of nitrogens with one attached hydrogen (secondary N) is 1. The monoisotopic (exact) mass is 225 g/mol. The summed E-state index contributed by atoms with van der Waals surface area (Å²) in [5.74, 6) is -0.792. The Kier molecular flexibility index (Phi) is 4.06. The Morgan fingerprint density at radius 3 is 2.56 bits per heavy atom. The van der Waals surface area contributed by atoms with Crippen LogP contribution in [0.3, 0.4) is 0 Å². The minimum absolute atomic E-state index is 0.518. The number of imidazole rings is 1. The Morgan fingerprint density at radius 1 is 1.56 bits per heavy atom. The first-order valence-corrected chi connectivity index (χ1v) is 5.49. The van der Waals surface area contributed by atoms with Crippen LogP contribution in [0.4, 0.5) is 0 Å². The van der Waals surface area contributed by atoms with Crippen molar-refractivity contribution in [1.29, 1.82) is 0 Å². The van der Waals surface area contributed by atoms with Crippen molar-refractivity contribution in [3.63, 3.8) is 0 Å². The zero-order chi connectivity index (χ0) is 12.2. The second-order valence-corrected chi connectivity index (χ2v) is 3.94. The van der Waals surface area contributed by atoms with E-state index in [1.54, 1.807) is 12.5 Å². The number of carbonyl (C=O) groups is 1. The number of carboxylic acids is 1. The molecule has 5 nitrogen and oxygen atoms in total. The van der Waals surface area contributed by atoms with Gasteiger partial charge in [0.15, 0.2) is 0 Å². The molecule has 0 aliphatic heterocycles. The summed E-state index contributed by atoms with van der Waals surface area (Å²) in [5.41, 5.74) is 0.150. The van der Waals surface area contributed by atoms with E-state index in [0.717, 1.165) is 5.69 Å². The summed E-state index contributed by atoms with van der Waals surface area (Å²) in [7, 11) is 1.89. The molecule has 0 spiro atoms. The van der Waals surface area contributed by atoms with Crippen LogP contribution in [-0.4, -0.2) is 26.2 Å². The van der Waals surface area contributed by atoms with Crippen molar-refractivity contribution in [2.75, 3.05) is 0 Å². The molecule has 1 aromatic rings.